The van der Waals surface area contributed by atoms with Gasteiger partial charge in [-0.15, -0.1) is 5.10 Å². The van der Waals surface area contributed by atoms with Gasteiger partial charge in [0.2, 0.25) is 11.8 Å². The lowest BCUT2D eigenvalue weighted by Gasteiger charge is -2.25. The number of rotatable bonds is 12. The van der Waals surface area contributed by atoms with Crippen LogP contribution in [0.2, 0.25) is 10.0 Å². The van der Waals surface area contributed by atoms with Crippen LogP contribution in [0.4, 0.5) is 0 Å². The van der Waals surface area contributed by atoms with Crippen LogP contribution in [-0.4, -0.2) is 74.5 Å². The molecule has 266 valence electrons. The molecule has 14 heteroatoms. The highest BCUT2D eigenvalue weighted by molar-refractivity contribution is 6.39. The zero-order chi connectivity index (χ0) is 35.5. The first-order valence-corrected chi connectivity index (χ1v) is 17.9. The summed E-state index contributed by atoms with van der Waals surface area (Å²) >= 11 is 14.2. The summed E-state index contributed by atoms with van der Waals surface area (Å²) in [5.74, 6) is 1.77. The van der Waals surface area contributed by atoms with Crippen molar-refractivity contribution in [1.29, 1.82) is 0 Å². The zero-order valence-electron chi connectivity index (χ0n) is 28.5. The molecule has 2 aliphatic rings. The summed E-state index contributed by atoms with van der Waals surface area (Å²) in [6.07, 6.45) is 8.20. The van der Waals surface area contributed by atoms with E-state index in [1.807, 2.05) is 48.7 Å². The molecule has 1 atom stereocenters. The van der Waals surface area contributed by atoms with Gasteiger partial charge in [-0.3, -0.25) is 9.78 Å². The number of benzene rings is 1. The van der Waals surface area contributed by atoms with E-state index in [2.05, 4.69) is 20.9 Å². The van der Waals surface area contributed by atoms with E-state index in [1.54, 1.807) is 24.9 Å². The summed E-state index contributed by atoms with van der Waals surface area (Å²) in [6.45, 7) is 1.72. The van der Waals surface area contributed by atoms with Gasteiger partial charge in [0.05, 0.1) is 48.3 Å². The topological polar surface area (TPSA) is 148 Å². The van der Waals surface area contributed by atoms with Gasteiger partial charge in [-0.25, -0.2) is 14.5 Å². The molecule has 1 aliphatic carbocycles. The molecule has 51 heavy (non-hydrogen) atoms. The van der Waals surface area contributed by atoms with E-state index >= 15 is 0 Å². The maximum Gasteiger partial charge on any atom is 0.220 e. The quantitative estimate of drug-likeness (QED) is 0.128. The molecule has 1 saturated carbocycles. The number of carbonyl (C=O) groups is 1. The van der Waals surface area contributed by atoms with Crippen LogP contribution in [0, 0.1) is 0 Å². The van der Waals surface area contributed by atoms with Gasteiger partial charge in [-0.1, -0.05) is 47.5 Å². The Labute approximate surface area is 305 Å². The molecule has 1 saturated heterocycles. The van der Waals surface area contributed by atoms with Crippen molar-refractivity contribution < 1.29 is 19.4 Å². The van der Waals surface area contributed by atoms with Crippen LogP contribution in [0.15, 0.2) is 54.9 Å². The fourth-order valence-corrected chi connectivity index (χ4v) is 7.45. The number of methoxy groups -OCH3 is 2. The smallest absolute Gasteiger partial charge is 0.220 e. The van der Waals surface area contributed by atoms with Crippen LogP contribution in [0.5, 0.6) is 11.6 Å². The maximum atomic E-state index is 11.5. The largest absolute Gasteiger partial charge is 0.493 e. The molecule has 0 bridgehead atoms. The molecule has 1 aliphatic heterocycles. The van der Waals surface area contributed by atoms with Crippen molar-refractivity contribution in [2.45, 2.75) is 69.8 Å². The number of nitrogens with one attached hydrogen (secondary N) is 3. The van der Waals surface area contributed by atoms with E-state index < -0.39 is 0 Å². The lowest BCUT2D eigenvalue weighted by Crippen LogP contribution is -2.35. The predicted molar refractivity (Wildman–Crippen MR) is 196 cm³/mol. The van der Waals surface area contributed by atoms with Gasteiger partial charge >= 0.3 is 0 Å². The number of ether oxygens (including phenoxy) is 2. The minimum Gasteiger partial charge on any atom is -0.493 e. The molecule has 7 rings (SSSR count). The first-order chi connectivity index (χ1) is 24.8. The number of hydrogen-bond donors (Lipinski definition) is 4. The van der Waals surface area contributed by atoms with Crippen molar-refractivity contribution in [3.8, 4) is 45.3 Å². The fourth-order valence-electron chi connectivity index (χ4n) is 6.80. The highest BCUT2D eigenvalue weighted by atomic mass is 35.5. The zero-order valence-corrected chi connectivity index (χ0v) is 30.0. The first kappa shape index (κ1) is 35.1. The van der Waals surface area contributed by atoms with Gasteiger partial charge in [0, 0.05) is 71.8 Å². The van der Waals surface area contributed by atoms with Crippen molar-refractivity contribution in [3.05, 3.63) is 76.3 Å². The number of hydrogen-bond acceptors (Lipinski definition) is 10. The Bertz CT molecular complexity index is 2050. The Morgan fingerprint density at radius 3 is 2.53 bits per heavy atom. The number of halogens is 2. The highest BCUT2D eigenvalue weighted by Gasteiger charge is 2.23. The average Bonchev–Trinajstić information content (AvgIpc) is 3.76. The Morgan fingerprint density at radius 1 is 0.961 bits per heavy atom. The van der Waals surface area contributed by atoms with Gasteiger partial charge in [0.15, 0.2) is 17.2 Å². The van der Waals surface area contributed by atoms with Crippen LogP contribution in [0.25, 0.3) is 39.3 Å². The number of amides is 1. The third-order valence-electron chi connectivity index (χ3n) is 9.56. The number of pyridine rings is 3. The number of carbonyl (C=O) groups excluding carboxylic acids is 1. The molecule has 5 heterocycles. The second kappa shape index (κ2) is 15.5. The number of aliphatic hydroxyl groups is 1. The number of aliphatic hydroxyl groups excluding tert-OH is 1. The van der Waals surface area contributed by atoms with Gasteiger partial charge in [0.25, 0.3) is 0 Å². The van der Waals surface area contributed by atoms with Crippen LogP contribution >= 0.6 is 23.2 Å². The van der Waals surface area contributed by atoms with Crippen molar-refractivity contribution in [2.75, 3.05) is 20.8 Å². The summed E-state index contributed by atoms with van der Waals surface area (Å²) in [5, 5.41) is 25.4. The van der Waals surface area contributed by atoms with Crippen LogP contribution in [0.3, 0.4) is 0 Å². The van der Waals surface area contributed by atoms with E-state index in [0.717, 1.165) is 48.8 Å². The average molecular weight is 732 g/mol. The summed E-state index contributed by atoms with van der Waals surface area (Å²) in [6, 6.07) is 13.8. The lowest BCUT2D eigenvalue weighted by atomic mass is 9.93. The Balaban J connectivity index is 1.13. The monoisotopic (exact) mass is 730 g/mol. The number of aromatic nitrogens is 5. The standard InChI is InChI=1S/C37H40Cl2N8O4/c1-50-30-16-22(20-47-36(30)45-31(46-47)19-42-23-7-10-25(48)11-8-23)35-34(39)27(14-15-41-35)26-4-3-5-28(33(26)38)29-12-6-21(37(44-29)51-2)17-40-18-24-9-13-32(49)43-24/h3-6,12,14-16,20,23-25,40,42,48H,7-11,13,17-19H2,1-2H3,(H,43,49)/t23-,24-,25+/m0/s1. The van der Waals surface area contributed by atoms with E-state index in [0.29, 0.717) is 87.8 Å². The van der Waals surface area contributed by atoms with E-state index in [4.69, 9.17) is 47.7 Å². The lowest BCUT2D eigenvalue weighted by molar-refractivity contribution is -0.119. The number of nitrogens with zero attached hydrogens (tertiary/aromatic N) is 5. The molecule has 12 nitrogen and oxygen atoms in total. The van der Waals surface area contributed by atoms with Crippen LogP contribution in [0.1, 0.15) is 49.9 Å². The molecule has 1 amide bonds. The van der Waals surface area contributed by atoms with Crippen molar-refractivity contribution >= 4 is 34.8 Å². The molecule has 0 spiro atoms. The molecule has 1 aromatic carbocycles. The summed E-state index contributed by atoms with van der Waals surface area (Å²) in [7, 11) is 3.19. The molecule has 4 N–H and O–H groups in total. The maximum absolute atomic E-state index is 11.5. The Hall–Kier alpha value is -4.33. The van der Waals surface area contributed by atoms with E-state index in [-0.39, 0.29) is 18.1 Å². The van der Waals surface area contributed by atoms with Gasteiger partial charge in [-0.2, -0.15) is 0 Å². The van der Waals surface area contributed by atoms with Crippen molar-refractivity contribution in [1.82, 2.24) is 40.5 Å². The van der Waals surface area contributed by atoms with Gasteiger partial charge < -0.3 is 30.5 Å². The normalized spacial score (nSPS) is 19.0. The fraction of sp³-hybridized carbons (Fsp3) is 0.378. The SMILES string of the molecule is COc1nc(-c2cccc(-c3ccnc(-c4cc(OC)c5nc(CN[C@H]6CC[C@@H](O)CC6)nn5c4)c3Cl)c2Cl)ccc1CNC[C@@H]1CCC(=O)N1. The molecular weight excluding hydrogens is 691 g/mol. The minimum atomic E-state index is -0.204. The predicted octanol–water partition coefficient (Wildman–Crippen LogP) is 5.61. The van der Waals surface area contributed by atoms with Crippen LogP contribution < -0.4 is 25.4 Å². The summed E-state index contributed by atoms with van der Waals surface area (Å²) in [4.78, 5) is 25.7. The minimum absolute atomic E-state index is 0.0954. The van der Waals surface area contributed by atoms with Crippen molar-refractivity contribution in [3.63, 3.8) is 0 Å². The summed E-state index contributed by atoms with van der Waals surface area (Å²) in [5.41, 5.74) is 5.55. The molecule has 2 fully saturated rings. The molecule has 0 unspecified atom stereocenters. The van der Waals surface area contributed by atoms with E-state index in [9.17, 15) is 9.90 Å². The third-order valence-corrected chi connectivity index (χ3v) is 10.3. The molecule has 4 aromatic heterocycles. The summed E-state index contributed by atoms with van der Waals surface area (Å²) < 4.78 is 13.1. The third kappa shape index (κ3) is 7.65. The van der Waals surface area contributed by atoms with Crippen LogP contribution in [-0.2, 0) is 17.9 Å². The van der Waals surface area contributed by atoms with Crippen molar-refractivity contribution in [2.24, 2.45) is 0 Å². The molecule has 5 aromatic rings. The van der Waals surface area contributed by atoms with Gasteiger partial charge in [0.1, 0.15) is 0 Å². The van der Waals surface area contributed by atoms with E-state index in [1.165, 1.54) is 0 Å². The highest BCUT2D eigenvalue weighted by Crippen LogP contribution is 2.42. The molecule has 0 radical (unpaired) electrons. The number of fused-ring (bicyclic) bond motifs is 1. The first-order valence-electron chi connectivity index (χ1n) is 17.1. The molecular formula is C37H40Cl2N8O4. The van der Waals surface area contributed by atoms with Gasteiger partial charge in [-0.05, 0) is 50.3 Å². The Morgan fingerprint density at radius 2 is 1.76 bits per heavy atom. The Kier molecular flexibility index (Phi) is 10.7. The second-order valence-electron chi connectivity index (χ2n) is 13.0. The second-order valence-corrected chi connectivity index (χ2v) is 13.7.